The molecule has 0 heterocycles. The molecule has 2 rings (SSSR count). The fourth-order valence-corrected chi connectivity index (χ4v) is 2.21. The predicted molar refractivity (Wildman–Crippen MR) is 118 cm³/mol. The maximum atomic E-state index is 5.81. The van der Waals surface area contributed by atoms with Gasteiger partial charge >= 0.3 is 17.1 Å². The van der Waals surface area contributed by atoms with E-state index in [9.17, 15) is 0 Å². The Morgan fingerprint density at radius 2 is 1.41 bits per heavy atom. The second kappa shape index (κ2) is 12.6. The first-order chi connectivity index (χ1) is 12.5. The van der Waals surface area contributed by atoms with Crippen molar-refractivity contribution < 1.29 is 17.1 Å². The van der Waals surface area contributed by atoms with Crippen molar-refractivity contribution in [2.24, 2.45) is 15.3 Å². The maximum Gasteiger partial charge on any atom is 1.00 e. The van der Waals surface area contributed by atoms with Gasteiger partial charge in [0.25, 0.3) is 0 Å². The molecule has 0 amide bonds. The quantitative estimate of drug-likeness (QED) is 0.147. The molecule has 0 aromatic heterocycles. The van der Waals surface area contributed by atoms with Crippen LogP contribution in [0.2, 0.25) is 10.0 Å². The van der Waals surface area contributed by atoms with Crippen LogP contribution in [0.15, 0.2) is 63.8 Å². The van der Waals surface area contributed by atoms with E-state index in [-0.39, 0.29) is 22.2 Å². The first kappa shape index (κ1) is 23.3. The van der Waals surface area contributed by atoms with Crippen LogP contribution in [0.5, 0.6) is 0 Å². The van der Waals surface area contributed by atoms with Gasteiger partial charge in [-0.1, -0.05) is 23.2 Å². The van der Waals surface area contributed by atoms with E-state index >= 15 is 0 Å². The summed E-state index contributed by atoms with van der Waals surface area (Å²) >= 11 is 21.8. The minimum absolute atomic E-state index is 0. The Labute approximate surface area is 188 Å². The summed E-state index contributed by atoms with van der Waals surface area (Å²) in [6, 6.07) is 14.2. The number of rotatable bonds is 5. The Morgan fingerprint density at radius 3 is 1.96 bits per heavy atom. The molecule has 0 unspecified atom stereocenters. The van der Waals surface area contributed by atoms with Gasteiger partial charge in [0.15, 0.2) is 5.11 Å². The number of benzene rings is 2. The van der Waals surface area contributed by atoms with E-state index in [1.165, 1.54) is 12.4 Å². The van der Waals surface area contributed by atoms with Crippen molar-refractivity contribution in [1.29, 1.82) is 0 Å². The van der Waals surface area contributed by atoms with Gasteiger partial charge in [0.05, 0.1) is 12.4 Å². The van der Waals surface area contributed by atoms with Crippen LogP contribution >= 0.6 is 35.4 Å². The summed E-state index contributed by atoms with van der Waals surface area (Å²) in [6.45, 7) is 0. The van der Waals surface area contributed by atoms with Crippen molar-refractivity contribution >= 4 is 82.1 Å². The largest absolute Gasteiger partial charge is 1.00 e. The van der Waals surface area contributed by atoms with Crippen LogP contribution in [0, 0.1) is 0 Å². The molecule has 0 radical (unpaired) electrons. The number of hydrogen-bond acceptors (Lipinski definition) is 5. The Morgan fingerprint density at radius 1 is 0.889 bits per heavy atom. The van der Waals surface area contributed by atoms with E-state index in [0.29, 0.717) is 15.2 Å². The number of nitrogens with one attached hydrogen (secondary N) is 3. The van der Waals surface area contributed by atoms with E-state index in [2.05, 4.69) is 31.4 Å². The van der Waals surface area contributed by atoms with Crippen molar-refractivity contribution in [2.45, 2.75) is 0 Å². The van der Waals surface area contributed by atoms with E-state index in [0.717, 1.165) is 11.4 Å². The van der Waals surface area contributed by atoms with Gasteiger partial charge in [0, 0.05) is 26.6 Å². The molecule has 0 aliphatic heterocycles. The zero-order valence-corrected chi connectivity index (χ0v) is 17.6. The summed E-state index contributed by atoms with van der Waals surface area (Å²) < 4.78 is 0. The van der Waals surface area contributed by atoms with Crippen molar-refractivity contribution in [3.63, 3.8) is 0 Å². The molecule has 0 saturated heterocycles. The van der Waals surface area contributed by atoms with Crippen LogP contribution in [-0.4, -0.2) is 22.7 Å². The minimum Gasteiger partial charge on any atom is -0.741 e. The number of hydrogen-bond donors (Lipinski definition) is 3. The molecule has 2 aromatic carbocycles. The Balaban J connectivity index is 0.00000364. The summed E-state index contributed by atoms with van der Waals surface area (Å²) in [5.74, 6) is 0. The number of anilines is 2. The monoisotopic (exact) mass is 486 g/mol. The third-order valence-corrected chi connectivity index (χ3v) is 3.60. The number of thiocarbonyl (C=S) groups is 1. The molecule has 144 valence electrons. The smallest absolute Gasteiger partial charge is 0.741 e. The molecule has 0 aliphatic rings. The van der Waals surface area contributed by atoms with E-state index in [1.54, 1.807) is 48.5 Å². The minimum atomic E-state index is 0. The van der Waals surface area contributed by atoms with Gasteiger partial charge in [-0.15, -0.1) is 0 Å². The van der Waals surface area contributed by atoms with Gasteiger partial charge in [-0.05, 0) is 60.7 Å². The summed E-state index contributed by atoms with van der Waals surface area (Å²) in [4.78, 5) is 0. The molecule has 11 heteroatoms. The molecule has 3 N–H and O–H groups in total. The van der Waals surface area contributed by atoms with E-state index < -0.39 is 0 Å². The van der Waals surface area contributed by atoms with Crippen molar-refractivity contribution in [3.8, 4) is 0 Å². The Kier molecular flexibility index (Phi) is 10.9. The third kappa shape index (κ3) is 9.67. The molecule has 0 fully saturated rings. The SMILES string of the molecule is S=C(N/N=C/C=N/N=C(\[S-])Nc1ccc(Cl)cc1)Nc1ccc(Cl)cc1.[Cu+]. The molecule has 0 aliphatic carbocycles. The number of halogens is 2. The fraction of sp³-hybridized carbons (Fsp3) is 0. The average Bonchev–Trinajstić information content (AvgIpc) is 2.62. The van der Waals surface area contributed by atoms with E-state index in [4.69, 9.17) is 48.0 Å². The number of amidine groups is 1. The molecule has 2 aromatic rings. The normalized spacial score (nSPS) is 11.3. The van der Waals surface area contributed by atoms with Crippen molar-refractivity contribution in [3.05, 3.63) is 58.6 Å². The van der Waals surface area contributed by atoms with E-state index in [1.807, 2.05) is 0 Å². The van der Waals surface area contributed by atoms with Crippen LogP contribution in [0.4, 0.5) is 11.4 Å². The Hall–Kier alpha value is -1.74. The molecular weight excluding hydrogens is 475 g/mol. The molecule has 0 saturated carbocycles. The van der Waals surface area contributed by atoms with Gasteiger partial charge in [-0.3, -0.25) is 5.43 Å². The molecule has 0 atom stereocenters. The Bertz CT molecular complexity index is 826. The van der Waals surface area contributed by atoms with Crippen LogP contribution in [0.3, 0.4) is 0 Å². The summed E-state index contributed by atoms with van der Waals surface area (Å²) in [5.41, 5.74) is 4.21. The fourth-order valence-electron chi connectivity index (χ4n) is 1.62. The standard InChI is InChI=1S/C16H14Cl2N6S2.Cu/c17-11-1-5-13(6-2-11)21-15(25)23-19-9-10-20-24-16(26)22-14-7-3-12(18)4-8-14;/h1-10H,(H2,21,23,25)(H2,22,24,26);/q;+1/p-1/b19-9+,20-10+;. The van der Waals surface area contributed by atoms with Gasteiger partial charge in [0.1, 0.15) is 0 Å². The molecule has 0 bridgehead atoms. The van der Waals surface area contributed by atoms with Gasteiger partial charge in [-0.2, -0.15) is 15.3 Å². The first-order valence-electron chi connectivity index (χ1n) is 7.18. The topological polar surface area (TPSA) is 73.2 Å². The average molecular weight is 488 g/mol. The predicted octanol–water partition coefficient (Wildman–Crippen LogP) is 4.26. The van der Waals surface area contributed by atoms with Crippen molar-refractivity contribution in [1.82, 2.24) is 5.43 Å². The van der Waals surface area contributed by atoms with Gasteiger partial charge in [-0.25, -0.2) is 0 Å². The third-order valence-electron chi connectivity index (χ3n) is 2.72. The zero-order chi connectivity index (χ0) is 18.8. The van der Waals surface area contributed by atoms with Crippen LogP contribution in [-0.2, 0) is 29.7 Å². The zero-order valence-electron chi connectivity index (χ0n) is 13.5. The molecule has 27 heavy (non-hydrogen) atoms. The van der Waals surface area contributed by atoms with Crippen LogP contribution in [0.1, 0.15) is 0 Å². The maximum absolute atomic E-state index is 5.81. The summed E-state index contributed by atoms with van der Waals surface area (Å²) in [7, 11) is 0. The first-order valence-corrected chi connectivity index (χ1v) is 8.75. The molecular formula is C16H13Cl2CuN6S2. The number of nitrogens with zero attached hydrogens (tertiary/aromatic N) is 3. The summed E-state index contributed by atoms with van der Waals surface area (Å²) in [6.07, 6.45) is 2.76. The summed E-state index contributed by atoms with van der Waals surface area (Å²) in [5, 5.41) is 19.2. The van der Waals surface area contributed by atoms with Crippen LogP contribution in [0.25, 0.3) is 0 Å². The molecule has 6 nitrogen and oxygen atoms in total. The van der Waals surface area contributed by atoms with Crippen molar-refractivity contribution in [2.75, 3.05) is 10.6 Å². The van der Waals surface area contributed by atoms with Crippen LogP contribution < -0.4 is 16.1 Å². The second-order valence-electron chi connectivity index (χ2n) is 4.65. The van der Waals surface area contributed by atoms with Gasteiger partial charge < -0.3 is 23.3 Å². The van der Waals surface area contributed by atoms with Gasteiger partial charge in [0.2, 0.25) is 0 Å². The second-order valence-corrected chi connectivity index (χ2v) is 6.32. The molecule has 0 spiro atoms. The number of hydrazone groups is 1.